The Bertz CT molecular complexity index is 735. The molecule has 0 bridgehead atoms. The number of carbonyl (C=O) groups is 1. The fourth-order valence-corrected chi connectivity index (χ4v) is 3.21. The Morgan fingerprint density at radius 3 is 2.87 bits per heavy atom. The van der Waals surface area contributed by atoms with Gasteiger partial charge in [-0.3, -0.25) is 4.79 Å². The third-order valence-corrected chi connectivity index (χ3v) is 4.36. The SMILES string of the molecule is CNC(=O)c1cccnc1N1CCc2c(nc(C(C)C)n2C)C1. The van der Waals surface area contributed by atoms with Crippen LogP contribution in [0.2, 0.25) is 0 Å². The van der Waals surface area contributed by atoms with Crippen LogP contribution < -0.4 is 10.2 Å². The van der Waals surface area contributed by atoms with Crippen molar-refractivity contribution in [3.05, 3.63) is 41.1 Å². The quantitative estimate of drug-likeness (QED) is 0.939. The molecule has 6 heteroatoms. The van der Waals surface area contributed by atoms with Gasteiger partial charge in [-0.2, -0.15) is 0 Å². The van der Waals surface area contributed by atoms with Crippen molar-refractivity contribution in [2.75, 3.05) is 18.5 Å². The van der Waals surface area contributed by atoms with Crippen molar-refractivity contribution in [1.82, 2.24) is 19.9 Å². The summed E-state index contributed by atoms with van der Waals surface area (Å²) < 4.78 is 2.22. The number of pyridine rings is 1. The first-order chi connectivity index (χ1) is 11.0. The molecule has 0 saturated carbocycles. The van der Waals surface area contributed by atoms with E-state index in [-0.39, 0.29) is 5.91 Å². The van der Waals surface area contributed by atoms with E-state index in [0.717, 1.165) is 30.3 Å². The molecule has 0 aromatic carbocycles. The number of nitrogens with one attached hydrogen (secondary N) is 1. The fourth-order valence-electron chi connectivity index (χ4n) is 3.21. The number of hydrogen-bond donors (Lipinski definition) is 1. The number of imidazole rings is 1. The summed E-state index contributed by atoms with van der Waals surface area (Å²) in [6, 6.07) is 3.61. The predicted octanol–water partition coefficient (Wildman–Crippen LogP) is 1.86. The predicted molar refractivity (Wildman–Crippen MR) is 89.7 cm³/mol. The summed E-state index contributed by atoms with van der Waals surface area (Å²) in [7, 11) is 3.73. The molecule has 0 aliphatic carbocycles. The van der Waals surface area contributed by atoms with Crippen LogP contribution in [-0.2, 0) is 20.0 Å². The summed E-state index contributed by atoms with van der Waals surface area (Å²) in [5.41, 5.74) is 3.00. The molecular weight excluding hydrogens is 290 g/mol. The Morgan fingerprint density at radius 2 is 2.17 bits per heavy atom. The number of anilines is 1. The van der Waals surface area contributed by atoms with E-state index in [2.05, 4.69) is 40.7 Å². The van der Waals surface area contributed by atoms with Crippen molar-refractivity contribution in [3.63, 3.8) is 0 Å². The third kappa shape index (κ3) is 2.69. The lowest BCUT2D eigenvalue weighted by Gasteiger charge is -2.29. The third-order valence-electron chi connectivity index (χ3n) is 4.36. The summed E-state index contributed by atoms with van der Waals surface area (Å²) in [4.78, 5) is 23.5. The molecule has 2 aromatic rings. The maximum atomic E-state index is 12.1. The van der Waals surface area contributed by atoms with Gasteiger partial charge >= 0.3 is 0 Å². The van der Waals surface area contributed by atoms with E-state index in [1.807, 2.05) is 6.07 Å². The molecule has 0 fully saturated rings. The first-order valence-electron chi connectivity index (χ1n) is 7.99. The van der Waals surface area contributed by atoms with Gasteiger partial charge in [0.15, 0.2) is 0 Å². The molecule has 3 rings (SSSR count). The number of rotatable bonds is 3. The first kappa shape index (κ1) is 15.5. The highest BCUT2D eigenvalue weighted by molar-refractivity contribution is 5.98. The largest absolute Gasteiger partial charge is 0.355 e. The van der Waals surface area contributed by atoms with Crippen LogP contribution in [0.25, 0.3) is 0 Å². The van der Waals surface area contributed by atoms with Gasteiger partial charge in [0, 0.05) is 44.9 Å². The maximum Gasteiger partial charge on any atom is 0.254 e. The second-order valence-electron chi connectivity index (χ2n) is 6.20. The smallest absolute Gasteiger partial charge is 0.254 e. The number of fused-ring (bicyclic) bond motifs is 1. The molecule has 2 aromatic heterocycles. The summed E-state index contributed by atoms with van der Waals surface area (Å²) in [5.74, 6) is 2.14. The average Bonchev–Trinajstić information content (AvgIpc) is 2.90. The Morgan fingerprint density at radius 1 is 1.39 bits per heavy atom. The van der Waals surface area contributed by atoms with Crippen LogP contribution in [0.4, 0.5) is 5.82 Å². The maximum absolute atomic E-state index is 12.1. The van der Waals surface area contributed by atoms with E-state index in [1.54, 1.807) is 19.3 Å². The number of carbonyl (C=O) groups excluding carboxylic acids is 1. The van der Waals surface area contributed by atoms with Gasteiger partial charge in [-0.25, -0.2) is 9.97 Å². The second kappa shape index (κ2) is 6.02. The summed E-state index contributed by atoms with van der Waals surface area (Å²) in [6.07, 6.45) is 2.64. The van der Waals surface area contributed by atoms with Gasteiger partial charge in [0.25, 0.3) is 5.91 Å². The molecular formula is C17H23N5O. The number of hydrogen-bond acceptors (Lipinski definition) is 4. The van der Waals surface area contributed by atoms with Crippen LogP contribution in [0.3, 0.4) is 0 Å². The Hall–Kier alpha value is -2.37. The summed E-state index contributed by atoms with van der Waals surface area (Å²) in [6.45, 7) is 5.85. The molecule has 23 heavy (non-hydrogen) atoms. The zero-order chi connectivity index (χ0) is 16.6. The van der Waals surface area contributed by atoms with Gasteiger partial charge < -0.3 is 14.8 Å². The minimum atomic E-state index is -0.109. The lowest BCUT2D eigenvalue weighted by molar-refractivity contribution is 0.0963. The normalized spacial score (nSPS) is 14.0. The minimum Gasteiger partial charge on any atom is -0.355 e. The highest BCUT2D eigenvalue weighted by Gasteiger charge is 2.26. The van der Waals surface area contributed by atoms with E-state index >= 15 is 0 Å². The highest BCUT2D eigenvalue weighted by atomic mass is 16.1. The van der Waals surface area contributed by atoms with Crippen LogP contribution in [0, 0.1) is 0 Å². The topological polar surface area (TPSA) is 63.1 Å². The van der Waals surface area contributed by atoms with E-state index in [0.29, 0.717) is 18.0 Å². The average molecular weight is 313 g/mol. The molecule has 0 unspecified atom stereocenters. The van der Waals surface area contributed by atoms with Crippen molar-refractivity contribution in [1.29, 1.82) is 0 Å². The standard InChI is InChI=1S/C17H23N5O/c1-11(2)15-20-13-10-22(9-7-14(13)21(15)4)16-12(17(23)18-3)6-5-8-19-16/h5-6,8,11H,7,9-10H2,1-4H3,(H,18,23). The molecule has 0 spiro atoms. The van der Waals surface area contributed by atoms with Crippen molar-refractivity contribution >= 4 is 11.7 Å². The molecule has 122 valence electrons. The Kier molecular flexibility index (Phi) is 4.07. The molecule has 0 atom stereocenters. The van der Waals surface area contributed by atoms with Crippen LogP contribution in [-0.4, -0.2) is 34.0 Å². The van der Waals surface area contributed by atoms with E-state index in [1.165, 1.54) is 5.69 Å². The molecule has 1 N–H and O–H groups in total. The highest BCUT2D eigenvalue weighted by Crippen LogP contribution is 2.27. The lowest BCUT2D eigenvalue weighted by atomic mass is 10.1. The number of nitrogens with zero attached hydrogens (tertiary/aromatic N) is 4. The van der Waals surface area contributed by atoms with Crippen molar-refractivity contribution in [2.24, 2.45) is 7.05 Å². The lowest BCUT2D eigenvalue weighted by Crippen LogP contribution is -2.34. The van der Waals surface area contributed by atoms with Gasteiger partial charge in [-0.15, -0.1) is 0 Å². The number of amides is 1. The van der Waals surface area contributed by atoms with Gasteiger partial charge in [-0.1, -0.05) is 13.8 Å². The second-order valence-corrected chi connectivity index (χ2v) is 6.20. The van der Waals surface area contributed by atoms with Crippen LogP contribution in [0.1, 0.15) is 47.3 Å². The Labute approximate surface area is 136 Å². The van der Waals surface area contributed by atoms with Crippen LogP contribution in [0.5, 0.6) is 0 Å². The van der Waals surface area contributed by atoms with Crippen molar-refractivity contribution in [3.8, 4) is 0 Å². The first-order valence-corrected chi connectivity index (χ1v) is 7.99. The van der Waals surface area contributed by atoms with Crippen molar-refractivity contribution < 1.29 is 4.79 Å². The molecule has 6 nitrogen and oxygen atoms in total. The van der Waals surface area contributed by atoms with Gasteiger partial charge in [-0.05, 0) is 12.1 Å². The number of aromatic nitrogens is 3. The molecule has 0 radical (unpaired) electrons. The van der Waals surface area contributed by atoms with Gasteiger partial charge in [0.05, 0.1) is 17.8 Å². The molecule has 1 aliphatic heterocycles. The van der Waals surface area contributed by atoms with E-state index < -0.39 is 0 Å². The molecule has 1 aliphatic rings. The Balaban J connectivity index is 1.94. The van der Waals surface area contributed by atoms with E-state index in [4.69, 9.17) is 4.98 Å². The van der Waals surface area contributed by atoms with Crippen LogP contribution >= 0.6 is 0 Å². The minimum absolute atomic E-state index is 0.109. The zero-order valence-electron chi connectivity index (χ0n) is 14.1. The van der Waals surface area contributed by atoms with Gasteiger partial charge in [0.2, 0.25) is 0 Å². The van der Waals surface area contributed by atoms with Crippen LogP contribution in [0.15, 0.2) is 18.3 Å². The zero-order valence-corrected chi connectivity index (χ0v) is 14.1. The molecule has 0 saturated heterocycles. The summed E-state index contributed by atoms with van der Waals surface area (Å²) >= 11 is 0. The molecule has 3 heterocycles. The summed E-state index contributed by atoms with van der Waals surface area (Å²) in [5, 5.41) is 2.68. The van der Waals surface area contributed by atoms with Gasteiger partial charge in [0.1, 0.15) is 11.6 Å². The van der Waals surface area contributed by atoms with E-state index in [9.17, 15) is 4.79 Å². The fraction of sp³-hybridized carbons (Fsp3) is 0.471. The van der Waals surface area contributed by atoms with Crippen molar-refractivity contribution in [2.45, 2.75) is 32.7 Å². The molecule has 1 amide bonds. The monoisotopic (exact) mass is 313 g/mol.